The van der Waals surface area contributed by atoms with E-state index in [1.54, 1.807) is 24.7 Å². The fourth-order valence-electron chi connectivity index (χ4n) is 8.41. The van der Waals surface area contributed by atoms with Crippen molar-refractivity contribution in [2.75, 3.05) is 19.6 Å². The summed E-state index contributed by atoms with van der Waals surface area (Å²) in [5.74, 6) is 1.47. The number of aliphatic hydroxyl groups is 1. The highest BCUT2D eigenvalue weighted by molar-refractivity contribution is 5.92. The molecule has 3 aliphatic carbocycles. The van der Waals surface area contributed by atoms with E-state index < -0.39 is 23.1 Å². The fourth-order valence-corrected chi connectivity index (χ4v) is 8.41. The Hall–Kier alpha value is -3.10. The predicted octanol–water partition coefficient (Wildman–Crippen LogP) is 4.34. The van der Waals surface area contributed by atoms with Gasteiger partial charge in [-0.3, -0.25) is 14.5 Å². The van der Waals surface area contributed by atoms with Gasteiger partial charge in [0.2, 0.25) is 5.91 Å². The van der Waals surface area contributed by atoms with E-state index in [-0.39, 0.29) is 23.9 Å². The van der Waals surface area contributed by atoms with Crippen molar-refractivity contribution in [2.24, 2.45) is 11.8 Å². The maximum atomic E-state index is 13.9. The topological polar surface area (TPSA) is 92.5 Å². The first kappa shape index (κ1) is 26.8. The summed E-state index contributed by atoms with van der Waals surface area (Å²) in [4.78, 5) is 30.4. The molecule has 2 aliphatic heterocycles. The lowest BCUT2D eigenvalue weighted by Crippen LogP contribution is -2.78. The summed E-state index contributed by atoms with van der Waals surface area (Å²) < 4.78 is 17.7. The third-order valence-corrected chi connectivity index (χ3v) is 10.2. The molecule has 41 heavy (non-hydrogen) atoms. The van der Waals surface area contributed by atoms with Gasteiger partial charge in [0.15, 0.2) is 11.5 Å². The Kier molecular flexibility index (Phi) is 6.36. The fraction of sp³-hybridized carbons (Fsp3) is 0.576. The van der Waals surface area contributed by atoms with Crippen LogP contribution < -0.4 is 9.47 Å². The molecular weight excluding hydrogens is 520 g/mol. The largest absolute Gasteiger partial charge is 0.483 e. The van der Waals surface area contributed by atoms with Gasteiger partial charge in [-0.1, -0.05) is 19.9 Å². The molecular formula is C33H40N2O6. The lowest BCUT2D eigenvalue weighted by atomic mass is 9.48. The summed E-state index contributed by atoms with van der Waals surface area (Å²) in [7, 11) is 0. The Bertz CT molecular complexity index is 1380. The molecule has 2 saturated carbocycles. The molecule has 2 aromatic rings. The van der Waals surface area contributed by atoms with Gasteiger partial charge in [0, 0.05) is 43.3 Å². The minimum atomic E-state index is -0.992. The van der Waals surface area contributed by atoms with Crippen molar-refractivity contribution in [3.63, 3.8) is 0 Å². The standard InChI is InChI=1S/C33H40N2O6/c1-20(2)17-35(28(37)9-6-23-11-15-39-19-23)25-10-12-33(38)27-16-24-7-8-26(40-21(3)36)30-29(24)32(33,31(25)41-30)13-14-34(27)18-22-4-5-22/h6-9,11,15,19-20,22,25,27,31,38H,4-5,10,12-14,16-18H2,1-3H3/b9-6+/t25-,27-,31+,32+,33-/m1/s1. The summed E-state index contributed by atoms with van der Waals surface area (Å²) in [5, 5.41) is 12.9. The maximum absolute atomic E-state index is 13.9. The molecule has 8 nitrogen and oxygen atoms in total. The number of piperidine rings is 1. The molecule has 218 valence electrons. The van der Waals surface area contributed by atoms with Crippen molar-refractivity contribution in [1.82, 2.24) is 9.80 Å². The number of esters is 1. The zero-order valence-corrected chi connectivity index (χ0v) is 24.2. The number of hydrogen-bond donors (Lipinski definition) is 1. The normalized spacial score (nSPS) is 31.7. The van der Waals surface area contributed by atoms with E-state index in [0.717, 1.165) is 48.5 Å². The van der Waals surface area contributed by atoms with Crippen LogP contribution in [0.1, 0.15) is 69.6 Å². The smallest absolute Gasteiger partial charge is 0.308 e. The third kappa shape index (κ3) is 4.16. The van der Waals surface area contributed by atoms with Crippen LogP contribution in [0.4, 0.5) is 0 Å². The number of carbonyl (C=O) groups is 2. The highest BCUT2D eigenvalue weighted by atomic mass is 16.6. The van der Waals surface area contributed by atoms with E-state index in [1.807, 2.05) is 17.0 Å². The minimum absolute atomic E-state index is 0.00263. The van der Waals surface area contributed by atoms with Crippen molar-refractivity contribution in [1.29, 1.82) is 0 Å². The van der Waals surface area contributed by atoms with Gasteiger partial charge in [0.1, 0.15) is 6.10 Å². The highest BCUT2D eigenvalue weighted by Gasteiger charge is 2.73. The molecule has 7 rings (SSSR count). The number of likely N-dealkylation sites (tertiary alicyclic amines) is 1. The second-order valence-electron chi connectivity index (χ2n) is 13.2. The molecule has 5 atom stereocenters. The summed E-state index contributed by atoms with van der Waals surface area (Å²) in [6.07, 6.45) is 11.4. The number of hydrogen-bond acceptors (Lipinski definition) is 7. The Morgan fingerprint density at radius 3 is 2.76 bits per heavy atom. The highest BCUT2D eigenvalue weighted by Crippen LogP contribution is 2.66. The van der Waals surface area contributed by atoms with Crippen LogP contribution in [0.25, 0.3) is 6.08 Å². The first-order chi connectivity index (χ1) is 19.7. The number of rotatable bonds is 8. The average molecular weight is 561 g/mol. The van der Waals surface area contributed by atoms with Gasteiger partial charge in [-0.05, 0) is 80.7 Å². The molecule has 2 bridgehead atoms. The van der Waals surface area contributed by atoms with E-state index in [4.69, 9.17) is 13.9 Å². The van der Waals surface area contributed by atoms with E-state index >= 15 is 0 Å². The Morgan fingerprint density at radius 2 is 2.05 bits per heavy atom. The molecule has 1 amide bonds. The monoisotopic (exact) mass is 560 g/mol. The average Bonchev–Trinajstić information content (AvgIpc) is 3.44. The van der Waals surface area contributed by atoms with Gasteiger partial charge >= 0.3 is 5.97 Å². The number of amides is 1. The molecule has 1 spiro atoms. The van der Waals surface area contributed by atoms with Crippen molar-refractivity contribution in [3.05, 3.63) is 53.5 Å². The third-order valence-electron chi connectivity index (χ3n) is 10.2. The van der Waals surface area contributed by atoms with Crippen molar-refractivity contribution in [2.45, 2.75) is 88.5 Å². The molecule has 1 N–H and O–H groups in total. The van der Waals surface area contributed by atoms with Crippen molar-refractivity contribution in [3.8, 4) is 11.5 Å². The number of benzene rings is 1. The second-order valence-corrected chi connectivity index (χ2v) is 13.2. The van der Waals surface area contributed by atoms with Crippen molar-refractivity contribution >= 4 is 18.0 Å². The summed E-state index contributed by atoms with van der Waals surface area (Å²) in [6.45, 7) is 8.11. The maximum Gasteiger partial charge on any atom is 0.308 e. The molecule has 1 aromatic carbocycles. The summed E-state index contributed by atoms with van der Waals surface area (Å²) >= 11 is 0. The van der Waals surface area contributed by atoms with Gasteiger partial charge < -0.3 is 23.9 Å². The van der Waals surface area contributed by atoms with E-state index in [9.17, 15) is 14.7 Å². The van der Waals surface area contributed by atoms with Crippen LogP contribution in [0.5, 0.6) is 11.5 Å². The van der Waals surface area contributed by atoms with Gasteiger partial charge in [0.05, 0.1) is 29.6 Å². The first-order valence-corrected chi connectivity index (χ1v) is 15.2. The van der Waals surface area contributed by atoms with Gasteiger partial charge in [-0.15, -0.1) is 0 Å². The number of carbonyl (C=O) groups excluding carboxylic acids is 2. The molecule has 5 aliphatic rings. The van der Waals surface area contributed by atoms with E-state index in [0.29, 0.717) is 30.9 Å². The van der Waals surface area contributed by atoms with Crippen molar-refractivity contribution < 1.29 is 28.6 Å². The Balaban J connectivity index is 1.32. The molecule has 0 unspecified atom stereocenters. The van der Waals surface area contributed by atoms with Gasteiger partial charge in [-0.2, -0.15) is 0 Å². The zero-order chi connectivity index (χ0) is 28.5. The van der Waals surface area contributed by atoms with Crippen LogP contribution in [-0.4, -0.2) is 70.2 Å². The molecule has 1 saturated heterocycles. The molecule has 3 fully saturated rings. The number of nitrogens with zero attached hydrogens (tertiary/aromatic N) is 2. The van der Waals surface area contributed by atoms with Gasteiger partial charge in [-0.25, -0.2) is 0 Å². The summed E-state index contributed by atoms with van der Waals surface area (Å²) in [5.41, 5.74) is 1.33. The van der Waals surface area contributed by atoms with Gasteiger partial charge in [0.25, 0.3) is 0 Å². The SMILES string of the molecule is CC(=O)Oc1ccc2c3c1O[C@H]1[C@H](N(CC(C)C)C(=O)/C=C/c4ccoc4)CC[C@@]4(O)[C@@H](C2)N(CC2CC2)CC[C@]314. The van der Waals surface area contributed by atoms with Crippen LogP contribution in [0.3, 0.4) is 0 Å². The molecule has 1 aromatic heterocycles. The summed E-state index contributed by atoms with van der Waals surface area (Å²) in [6, 6.07) is 5.49. The van der Waals surface area contributed by atoms with E-state index in [2.05, 4.69) is 24.8 Å². The van der Waals surface area contributed by atoms with Crippen LogP contribution in [0, 0.1) is 11.8 Å². The lowest BCUT2D eigenvalue weighted by Gasteiger charge is -2.65. The van der Waals surface area contributed by atoms with E-state index in [1.165, 1.54) is 19.8 Å². The number of furan rings is 1. The van der Waals surface area contributed by atoms with Crippen LogP contribution in [-0.2, 0) is 21.4 Å². The predicted molar refractivity (Wildman–Crippen MR) is 153 cm³/mol. The molecule has 8 heteroatoms. The number of ether oxygens (including phenoxy) is 2. The minimum Gasteiger partial charge on any atom is -0.483 e. The Morgan fingerprint density at radius 1 is 1.22 bits per heavy atom. The quantitative estimate of drug-likeness (QED) is 0.292. The lowest BCUT2D eigenvalue weighted by molar-refractivity contribution is -0.201. The van der Waals surface area contributed by atoms with Crippen LogP contribution in [0.15, 0.2) is 41.2 Å². The molecule has 3 heterocycles. The van der Waals surface area contributed by atoms with Crippen LogP contribution in [0.2, 0.25) is 0 Å². The second kappa shape index (κ2) is 9.73. The first-order valence-electron chi connectivity index (χ1n) is 15.2. The molecule has 0 radical (unpaired) electrons. The zero-order valence-electron chi connectivity index (χ0n) is 24.2. The Labute approximate surface area is 241 Å². The van der Waals surface area contributed by atoms with Crippen LogP contribution >= 0.6 is 0 Å².